The van der Waals surface area contributed by atoms with Crippen molar-refractivity contribution in [3.63, 3.8) is 0 Å². The zero-order valence-corrected chi connectivity index (χ0v) is 15.6. The van der Waals surface area contributed by atoms with Crippen LogP contribution in [0.25, 0.3) is 0 Å². The molecule has 2 aliphatic rings. The molecule has 1 fully saturated rings. The third-order valence-electron chi connectivity index (χ3n) is 5.75. The molecule has 2 aromatic carbocycles. The molecule has 1 heterocycles. The summed E-state index contributed by atoms with van der Waals surface area (Å²) in [4.78, 5) is 26.9. The number of fused-ring (bicyclic) bond motifs is 1. The Hall–Kier alpha value is -2.62. The van der Waals surface area contributed by atoms with Crippen LogP contribution in [-0.4, -0.2) is 18.4 Å². The highest BCUT2D eigenvalue weighted by molar-refractivity contribution is 6.07. The van der Waals surface area contributed by atoms with Gasteiger partial charge in [0.1, 0.15) is 0 Å². The lowest BCUT2D eigenvalue weighted by Crippen LogP contribution is -2.29. The molecule has 1 N–H and O–H groups in total. The van der Waals surface area contributed by atoms with E-state index in [0.717, 1.165) is 17.7 Å². The van der Waals surface area contributed by atoms with Gasteiger partial charge in [0.2, 0.25) is 5.91 Å². The van der Waals surface area contributed by atoms with Crippen molar-refractivity contribution in [2.45, 2.75) is 45.1 Å². The van der Waals surface area contributed by atoms with Gasteiger partial charge in [0.25, 0.3) is 5.91 Å². The minimum Gasteiger partial charge on any atom is -0.352 e. The molecule has 4 heteroatoms. The van der Waals surface area contributed by atoms with Gasteiger partial charge in [-0.1, -0.05) is 43.2 Å². The maximum absolute atomic E-state index is 12.8. The van der Waals surface area contributed by atoms with Crippen molar-refractivity contribution in [1.29, 1.82) is 0 Å². The molecule has 1 saturated carbocycles. The van der Waals surface area contributed by atoms with Gasteiger partial charge in [0.05, 0.1) is 0 Å². The van der Waals surface area contributed by atoms with Crippen LogP contribution < -0.4 is 10.2 Å². The lowest BCUT2D eigenvalue weighted by Gasteiger charge is -2.18. The highest BCUT2D eigenvalue weighted by Gasteiger charge is 2.26. The number of benzene rings is 2. The van der Waals surface area contributed by atoms with Crippen LogP contribution in [0, 0.1) is 5.92 Å². The van der Waals surface area contributed by atoms with Gasteiger partial charge in [0.15, 0.2) is 0 Å². The largest absolute Gasteiger partial charge is 0.352 e. The minimum absolute atomic E-state index is 0.0387. The smallest absolute Gasteiger partial charge is 0.258 e. The first-order valence-electron chi connectivity index (χ1n) is 9.96. The fourth-order valence-corrected chi connectivity index (χ4v) is 4.23. The summed E-state index contributed by atoms with van der Waals surface area (Å²) in [5, 5.41) is 3.05. The lowest BCUT2D eigenvalue weighted by atomic mass is 10.0. The molecule has 0 aromatic heterocycles. The maximum Gasteiger partial charge on any atom is 0.258 e. The first-order chi connectivity index (χ1) is 13.2. The summed E-state index contributed by atoms with van der Waals surface area (Å²) in [5.41, 5.74) is 3.92. The van der Waals surface area contributed by atoms with Crippen LogP contribution in [0.1, 0.15) is 53.6 Å². The SMILES string of the molecule is O=C(CC1CCCC1)NCc1ccc2c(c1)N(C(=O)c1ccccc1)CC2. The topological polar surface area (TPSA) is 49.4 Å². The van der Waals surface area contributed by atoms with Crippen LogP contribution in [0.3, 0.4) is 0 Å². The molecule has 0 unspecified atom stereocenters. The van der Waals surface area contributed by atoms with Crippen molar-refractivity contribution < 1.29 is 9.59 Å². The van der Waals surface area contributed by atoms with Crippen molar-refractivity contribution in [2.75, 3.05) is 11.4 Å². The van der Waals surface area contributed by atoms with Gasteiger partial charge in [-0.25, -0.2) is 0 Å². The average molecular weight is 362 g/mol. The van der Waals surface area contributed by atoms with Crippen LogP contribution in [-0.2, 0) is 17.8 Å². The molecule has 0 atom stereocenters. The summed E-state index contributed by atoms with van der Waals surface area (Å²) in [6, 6.07) is 15.6. The van der Waals surface area contributed by atoms with Crippen molar-refractivity contribution in [2.24, 2.45) is 5.92 Å². The quantitative estimate of drug-likeness (QED) is 0.871. The van der Waals surface area contributed by atoms with Crippen LogP contribution in [0.2, 0.25) is 0 Å². The summed E-state index contributed by atoms with van der Waals surface area (Å²) < 4.78 is 0. The molecule has 1 aliphatic carbocycles. The fourth-order valence-electron chi connectivity index (χ4n) is 4.23. The Morgan fingerprint density at radius 3 is 2.59 bits per heavy atom. The van der Waals surface area contributed by atoms with E-state index in [1.165, 1.54) is 31.2 Å². The van der Waals surface area contributed by atoms with Gasteiger partial charge in [0, 0.05) is 30.8 Å². The summed E-state index contributed by atoms with van der Waals surface area (Å²) in [6.07, 6.45) is 6.40. The summed E-state index contributed by atoms with van der Waals surface area (Å²) >= 11 is 0. The normalized spacial score (nSPS) is 16.4. The standard InChI is InChI=1S/C23H26N2O2/c26-22(15-17-6-4-5-7-17)24-16-18-10-11-19-12-13-25(21(19)14-18)23(27)20-8-2-1-3-9-20/h1-3,8-11,14,17H,4-7,12-13,15-16H2,(H,24,26). The number of rotatable bonds is 5. The number of carbonyl (C=O) groups excluding carboxylic acids is 2. The zero-order valence-electron chi connectivity index (χ0n) is 15.6. The number of anilines is 1. The second-order valence-corrected chi connectivity index (χ2v) is 7.67. The van der Waals surface area contributed by atoms with Gasteiger partial charge >= 0.3 is 0 Å². The Bertz CT molecular complexity index is 826. The molecular formula is C23H26N2O2. The molecule has 4 rings (SSSR count). The number of hydrogen-bond acceptors (Lipinski definition) is 2. The molecule has 0 bridgehead atoms. The zero-order chi connectivity index (χ0) is 18.6. The van der Waals surface area contributed by atoms with Crippen molar-refractivity contribution in [3.05, 3.63) is 65.2 Å². The summed E-state index contributed by atoms with van der Waals surface area (Å²) in [5.74, 6) is 0.736. The molecule has 2 aromatic rings. The first kappa shape index (κ1) is 17.8. The van der Waals surface area contributed by atoms with Crippen molar-refractivity contribution >= 4 is 17.5 Å². The van der Waals surface area contributed by atoms with Gasteiger partial charge in [-0.15, -0.1) is 0 Å². The van der Waals surface area contributed by atoms with E-state index < -0.39 is 0 Å². The van der Waals surface area contributed by atoms with Crippen molar-refractivity contribution in [3.8, 4) is 0 Å². The molecule has 1 aliphatic heterocycles. The molecule has 2 amide bonds. The van der Waals surface area contributed by atoms with E-state index in [0.29, 0.717) is 31.0 Å². The third-order valence-corrected chi connectivity index (χ3v) is 5.75. The monoisotopic (exact) mass is 362 g/mol. The number of nitrogens with one attached hydrogen (secondary N) is 1. The Morgan fingerprint density at radius 1 is 1.04 bits per heavy atom. The van der Waals surface area contributed by atoms with E-state index >= 15 is 0 Å². The minimum atomic E-state index is 0.0387. The third kappa shape index (κ3) is 4.05. The number of carbonyl (C=O) groups is 2. The first-order valence-corrected chi connectivity index (χ1v) is 9.96. The second-order valence-electron chi connectivity index (χ2n) is 7.67. The predicted octanol–water partition coefficient (Wildman–Crippen LogP) is 4.09. The van der Waals surface area contributed by atoms with E-state index in [4.69, 9.17) is 0 Å². The predicted molar refractivity (Wildman–Crippen MR) is 107 cm³/mol. The maximum atomic E-state index is 12.8. The second kappa shape index (κ2) is 7.95. The lowest BCUT2D eigenvalue weighted by molar-refractivity contribution is -0.122. The van der Waals surface area contributed by atoms with Gasteiger partial charge < -0.3 is 10.2 Å². The van der Waals surface area contributed by atoms with Gasteiger partial charge in [-0.05, 0) is 54.5 Å². The molecule has 0 spiro atoms. The number of amides is 2. The highest BCUT2D eigenvalue weighted by atomic mass is 16.2. The van der Waals surface area contributed by atoms with Crippen LogP contribution in [0.5, 0.6) is 0 Å². The molecule has 0 radical (unpaired) electrons. The summed E-state index contributed by atoms with van der Waals surface area (Å²) in [7, 11) is 0. The number of nitrogens with zero attached hydrogens (tertiary/aromatic N) is 1. The van der Waals surface area contributed by atoms with Gasteiger partial charge in [-0.2, -0.15) is 0 Å². The molecular weight excluding hydrogens is 336 g/mol. The fraction of sp³-hybridized carbons (Fsp3) is 0.391. The molecule has 27 heavy (non-hydrogen) atoms. The van der Waals surface area contributed by atoms with E-state index in [1.807, 2.05) is 35.2 Å². The average Bonchev–Trinajstić information content (AvgIpc) is 3.36. The van der Waals surface area contributed by atoms with E-state index in [9.17, 15) is 9.59 Å². The van der Waals surface area contributed by atoms with E-state index in [1.54, 1.807) is 0 Å². The molecule has 140 valence electrons. The molecule has 0 saturated heterocycles. The highest BCUT2D eigenvalue weighted by Crippen LogP contribution is 2.31. The Labute approximate surface area is 160 Å². The van der Waals surface area contributed by atoms with Crippen molar-refractivity contribution in [1.82, 2.24) is 5.32 Å². The summed E-state index contributed by atoms with van der Waals surface area (Å²) in [6.45, 7) is 1.23. The van der Waals surface area contributed by atoms with Crippen LogP contribution >= 0.6 is 0 Å². The van der Waals surface area contributed by atoms with Crippen LogP contribution in [0.4, 0.5) is 5.69 Å². The van der Waals surface area contributed by atoms with E-state index in [2.05, 4.69) is 23.5 Å². The molecule has 4 nitrogen and oxygen atoms in total. The Kier molecular flexibility index (Phi) is 5.23. The van der Waals surface area contributed by atoms with Crippen LogP contribution in [0.15, 0.2) is 48.5 Å². The number of hydrogen-bond donors (Lipinski definition) is 1. The Morgan fingerprint density at radius 2 is 1.81 bits per heavy atom. The Balaban J connectivity index is 1.42. The van der Waals surface area contributed by atoms with Gasteiger partial charge in [-0.3, -0.25) is 9.59 Å². The van der Waals surface area contributed by atoms with E-state index in [-0.39, 0.29) is 11.8 Å².